The van der Waals surface area contributed by atoms with Crippen LogP contribution < -0.4 is 4.90 Å². The Bertz CT molecular complexity index is 715. The Morgan fingerprint density at radius 3 is 1.55 bits per heavy atom. The van der Waals surface area contributed by atoms with Crippen LogP contribution in [0.15, 0.2) is 77.3 Å². The number of benzene rings is 3. The predicted molar refractivity (Wildman–Crippen MR) is 98.3 cm³/mol. The molecule has 110 valence electrons. The summed E-state index contributed by atoms with van der Waals surface area (Å²) in [4.78, 5) is 2.27. The van der Waals surface area contributed by atoms with Crippen LogP contribution >= 0.6 is 15.9 Å². The van der Waals surface area contributed by atoms with E-state index in [2.05, 4.69) is 101 Å². The van der Waals surface area contributed by atoms with Gasteiger partial charge >= 0.3 is 0 Å². The highest BCUT2D eigenvalue weighted by Gasteiger charge is 2.14. The maximum absolute atomic E-state index is 3.68. The van der Waals surface area contributed by atoms with E-state index in [9.17, 15) is 0 Å². The van der Waals surface area contributed by atoms with E-state index in [0.29, 0.717) is 0 Å². The number of para-hydroxylation sites is 1. The van der Waals surface area contributed by atoms with Crippen LogP contribution in [0.25, 0.3) is 0 Å². The van der Waals surface area contributed by atoms with Gasteiger partial charge in [0.25, 0.3) is 0 Å². The Hall–Kier alpha value is -2.06. The van der Waals surface area contributed by atoms with Crippen LogP contribution in [-0.4, -0.2) is 0 Å². The van der Waals surface area contributed by atoms with Crippen LogP contribution in [0, 0.1) is 13.8 Å². The molecule has 0 bridgehead atoms. The zero-order valence-electron chi connectivity index (χ0n) is 12.8. The minimum absolute atomic E-state index is 1.08. The van der Waals surface area contributed by atoms with Gasteiger partial charge < -0.3 is 4.90 Å². The molecule has 2 heteroatoms. The molecular weight excluding hydrogens is 334 g/mol. The number of halogens is 1. The molecule has 0 spiro atoms. The molecule has 3 rings (SSSR count). The Balaban J connectivity index is 2.16. The summed E-state index contributed by atoms with van der Waals surface area (Å²) in [7, 11) is 0. The lowest BCUT2D eigenvalue weighted by molar-refractivity contribution is 1.26. The lowest BCUT2D eigenvalue weighted by Gasteiger charge is -2.26. The van der Waals surface area contributed by atoms with Crippen molar-refractivity contribution in [3.63, 3.8) is 0 Å². The van der Waals surface area contributed by atoms with Crippen molar-refractivity contribution in [1.82, 2.24) is 0 Å². The molecule has 0 saturated carbocycles. The lowest BCUT2D eigenvalue weighted by Crippen LogP contribution is -2.10. The summed E-state index contributed by atoms with van der Waals surface area (Å²) in [5, 5.41) is 0. The monoisotopic (exact) mass is 351 g/mol. The molecule has 0 N–H and O–H groups in total. The smallest absolute Gasteiger partial charge is 0.0603 e. The molecule has 3 aromatic rings. The van der Waals surface area contributed by atoms with Crippen LogP contribution in [0.4, 0.5) is 17.1 Å². The summed E-state index contributed by atoms with van der Waals surface area (Å²) >= 11 is 3.68. The van der Waals surface area contributed by atoms with Crippen molar-refractivity contribution in [2.75, 3.05) is 4.90 Å². The van der Waals surface area contributed by atoms with Crippen LogP contribution in [0.5, 0.6) is 0 Å². The van der Waals surface area contributed by atoms with E-state index in [1.807, 2.05) is 6.07 Å². The zero-order valence-corrected chi connectivity index (χ0v) is 14.3. The molecule has 1 nitrogen and oxygen atoms in total. The first-order valence-corrected chi connectivity index (χ1v) is 8.12. The molecule has 0 aliphatic carbocycles. The van der Waals surface area contributed by atoms with Gasteiger partial charge in [-0.25, -0.2) is 0 Å². The van der Waals surface area contributed by atoms with Crippen LogP contribution in [0.3, 0.4) is 0 Å². The van der Waals surface area contributed by atoms with Crippen molar-refractivity contribution < 1.29 is 0 Å². The third-order valence-corrected chi connectivity index (χ3v) is 4.35. The van der Waals surface area contributed by atoms with Gasteiger partial charge in [0.1, 0.15) is 0 Å². The molecule has 22 heavy (non-hydrogen) atoms. The van der Waals surface area contributed by atoms with Crippen molar-refractivity contribution in [1.29, 1.82) is 0 Å². The van der Waals surface area contributed by atoms with Gasteiger partial charge in [0.15, 0.2) is 0 Å². The molecule has 0 radical (unpaired) electrons. The molecule has 0 aliphatic heterocycles. The van der Waals surface area contributed by atoms with Crippen molar-refractivity contribution in [2.45, 2.75) is 13.8 Å². The van der Waals surface area contributed by atoms with Gasteiger partial charge in [0.2, 0.25) is 0 Å². The summed E-state index contributed by atoms with van der Waals surface area (Å²) < 4.78 is 1.08. The van der Waals surface area contributed by atoms with Crippen LogP contribution in [0.2, 0.25) is 0 Å². The highest BCUT2D eigenvalue weighted by molar-refractivity contribution is 9.10. The summed E-state index contributed by atoms with van der Waals surface area (Å²) in [6.45, 7) is 4.22. The van der Waals surface area contributed by atoms with Gasteiger partial charge in [0.05, 0.1) is 5.69 Å². The van der Waals surface area contributed by atoms with Gasteiger partial charge in [-0.1, -0.05) is 47.5 Å². The summed E-state index contributed by atoms with van der Waals surface area (Å²) in [6.07, 6.45) is 0. The molecule has 0 saturated heterocycles. The van der Waals surface area contributed by atoms with E-state index < -0.39 is 0 Å². The number of nitrogens with zero attached hydrogens (tertiary/aromatic N) is 1. The van der Waals surface area contributed by atoms with Gasteiger partial charge in [-0.3, -0.25) is 0 Å². The fraction of sp³-hybridized carbons (Fsp3) is 0.100. The third kappa shape index (κ3) is 3.07. The van der Waals surface area contributed by atoms with Gasteiger partial charge in [-0.05, 0) is 66.2 Å². The van der Waals surface area contributed by atoms with E-state index >= 15 is 0 Å². The number of anilines is 3. The largest absolute Gasteiger partial charge is 0.309 e. The molecule has 0 aliphatic rings. The molecule has 0 heterocycles. The van der Waals surface area contributed by atoms with E-state index in [4.69, 9.17) is 0 Å². The molecular formula is C20H18BrN. The topological polar surface area (TPSA) is 3.24 Å². The molecule has 3 aromatic carbocycles. The van der Waals surface area contributed by atoms with Crippen molar-refractivity contribution in [3.8, 4) is 0 Å². The quantitative estimate of drug-likeness (QED) is 0.518. The second kappa shape index (κ2) is 6.37. The first-order valence-electron chi connectivity index (χ1n) is 7.33. The first-order chi connectivity index (χ1) is 10.6. The molecule has 0 fully saturated rings. The van der Waals surface area contributed by atoms with Gasteiger partial charge in [-0.15, -0.1) is 0 Å². The predicted octanol–water partition coefficient (Wildman–Crippen LogP) is 6.54. The number of hydrogen-bond donors (Lipinski definition) is 0. The Kier molecular flexibility index (Phi) is 4.30. The minimum Gasteiger partial charge on any atom is -0.309 e. The standard InChI is InChI=1S/C20H18BrN/c1-15-7-11-17(12-8-15)22(18-13-9-16(2)10-14-18)20-6-4-3-5-19(20)21/h3-14H,1-2H3. The van der Waals surface area contributed by atoms with Gasteiger partial charge in [-0.2, -0.15) is 0 Å². The van der Waals surface area contributed by atoms with E-state index in [0.717, 1.165) is 21.5 Å². The average Bonchev–Trinajstić information content (AvgIpc) is 2.53. The molecule has 0 aromatic heterocycles. The van der Waals surface area contributed by atoms with Crippen LogP contribution in [0.1, 0.15) is 11.1 Å². The Morgan fingerprint density at radius 2 is 1.09 bits per heavy atom. The Labute approximate surface area is 140 Å². The Morgan fingerprint density at radius 1 is 0.636 bits per heavy atom. The maximum atomic E-state index is 3.68. The fourth-order valence-electron chi connectivity index (χ4n) is 2.45. The maximum Gasteiger partial charge on any atom is 0.0603 e. The number of rotatable bonds is 3. The van der Waals surface area contributed by atoms with Crippen molar-refractivity contribution in [2.24, 2.45) is 0 Å². The average molecular weight is 352 g/mol. The van der Waals surface area contributed by atoms with E-state index in [1.165, 1.54) is 11.1 Å². The first kappa shape index (κ1) is 14.9. The minimum atomic E-state index is 1.08. The third-order valence-electron chi connectivity index (χ3n) is 3.68. The molecule has 0 atom stereocenters. The SMILES string of the molecule is Cc1ccc(N(c2ccc(C)cc2)c2ccccc2Br)cc1. The summed E-state index contributed by atoms with van der Waals surface area (Å²) in [5.41, 5.74) is 5.97. The molecule has 0 unspecified atom stereocenters. The van der Waals surface area contributed by atoms with E-state index in [1.54, 1.807) is 0 Å². The second-order valence-corrected chi connectivity index (χ2v) is 6.31. The zero-order chi connectivity index (χ0) is 15.5. The van der Waals surface area contributed by atoms with Crippen molar-refractivity contribution in [3.05, 3.63) is 88.4 Å². The molecule has 0 amide bonds. The number of hydrogen-bond acceptors (Lipinski definition) is 1. The normalized spacial score (nSPS) is 10.5. The fourth-order valence-corrected chi connectivity index (χ4v) is 2.91. The highest BCUT2D eigenvalue weighted by atomic mass is 79.9. The summed E-state index contributed by atoms with van der Waals surface area (Å²) in [5.74, 6) is 0. The van der Waals surface area contributed by atoms with E-state index in [-0.39, 0.29) is 0 Å². The van der Waals surface area contributed by atoms with Gasteiger partial charge in [0, 0.05) is 15.8 Å². The van der Waals surface area contributed by atoms with Crippen LogP contribution in [-0.2, 0) is 0 Å². The summed E-state index contributed by atoms with van der Waals surface area (Å²) in [6, 6.07) is 25.5. The van der Waals surface area contributed by atoms with Crippen molar-refractivity contribution >= 4 is 33.0 Å². The second-order valence-electron chi connectivity index (χ2n) is 5.46. The highest BCUT2D eigenvalue weighted by Crippen LogP contribution is 2.38. The lowest BCUT2D eigenvalue weighted by atomic mass is 10.1. The number of aryl methyl sites for hydroxylation is 2.